The summed E-state index contributed by atoms with van der Waals surface area (Å²) in [6.45, 7) is 4.64. The second kappa shape index (κ2) is 13.0. The lowest BCUT2D eigenvalue weighted by Gasteiger charge is -2.10. The summed E-state index contributed by atoms with van der Waals surface area (Å²) in [5, 5.41) is 0. The summed E-state index contributed by atoms with van der Waals surface area (Å²) in [7, 11) is 0. The van der Waals surface area contributed by atoms with Gasteiger partial charge in [-0.05, 0) is 55.5 Å². The van der Waals surface area contributed by atoms with Crippen LogP contribution in [0, 0.1) is 17.5 Å². The zero-order valence-electron chi connectivity index (χ0n) is 20.0. The van der Waals surface area contributed by atoms with Gasteiger partial charge in [-0.25, -0.2) is 23.5 Å². The SMILES string of the molecule is CCCCCCc1cnc(-c2ccc(C(=O)Oc3ccc(CCOCC)c(F)c3F)c(F)c2)nc1. The summed E-state index contributed by atoms with van der Waals surface area (Å²) in [6, 6.07) is 6.25. The highest BCUT2D eigenvalue weighted by Gasteiger charge is 2.20. The molecule has 1 heterocycles. The van der Waals surface area contributed by atoms with E-state index in [1.165, 1.54) is 24.6 Å². The summed E-state index contributed by atoms with van der Waals surface area (Å²) in [4.78, 5) is 21.0. The number of aromatic nitrogens is 2. The highest BCUT2D eigenvalue weighted by molar-refractivity contribution is 5.92. The van der Waals surface area contributed by atoms with E-state index in [1.807, 2.05) is 0 Å². The number of esters is 1. The molecule has 0 aliphatic carbocycles. The van der Waals surface area contributed by atoms with Gasteiger partial charge in [0.05, 0.1) is 12.2 Å². The molecule has 186 valence electrons. The number of halogens is 3. The van der Waals surface area contributed by atoms with E-state index in [-0.39, 0.29) is 18.6 Å². The fraction of sp³-hybridized carbons (Fsp3) is 0.370. The van der Waals surface area contributed by atoms with Crippen LogP contribution in [0.2, 0.25) is 0 Å². The van der Waals surface area contributed by atoms with Crippen LogP contribution in [-0.2, 0) is 17.6 Å². The molecular weight excluding hydrogens is 457 g/mol. The van der Waals surface area contributed by atoms with Crippen molar-refractivity contribution in [1.29, 1.82) is 0 Å². The monoisotopic (exact) mass is 486 g/mol. The van der Waals surface area contributed by atoms with Gasteiger partial charge in [0.1, 0.15) is 5.82 Å². The van der Waals surface area contributed by atoms with Crippen molar-refractivity contribution in [1.82, 2.24) is 9.97 Å². The summed E-state index contributed by atoms with van der Waals surface area (Å²) in [5.74, 6) is -4.76. The van der Waals surface area contributed by atoms with Gasteiger partial charge in [0.2, 0.25) is 5.82 Å². The smallest absolute Gasteiger partial charge is 0.346 e. The number of benzene rings is 2. The summed E-state index contributed by atoms with van der Waals surface area (Å²) < 4.78 is 53.4. The molecule has 1 aromatic heterocycles. The van der Waals surface area contributed by atoms with Gasteiger partial charge in [-0.1, -0.05) is 38.3 Å². The molecule has 0 radical (unpaired) electrons. The zero-order chi connectivity index (χ0) is 25.2. The van der Waals surface area contributed by atoms with E-state index >= 15 is 0 Å². The second-order valence-electron chi connectivity index (χ2n) is 8.11. The Kier molecular flexibility index (Phi) is 9.78. The molecule has 0 amide bonds. The molecule has 0 unspecified atom stereocenters. The van der Waals surface area contributed by atoms with Crippen molar-refractivity contribution in [2.45, 2.75) is 52.4 Å². The molecule has 8 heteroatoms. The Labute approximate surface area is 203 Å². The van der Waals surface area contributed by atoms with Crippen LogP contribution in [-0.4, -0.2) is 29.2 Å². The predicted octanol–water partition coefficient (Wildman–Crippen LogP) is 6.48. The standard InChI is InChI=1S/C27H29F3N2O3/c1-3-5-6-7-8-18-16-31-26(32-17-18)20-9-11-21(22(28)15-20)27(33)35-23-12-10-19(13-14-34-4-2)24(29)25(23)30/h9-12,15-17H,3-8,13-14H2,1-2H3. The molecule has 0 N–H and O–H groups in total. The van der Waals surface area contributed by atoms with Crippen molar-refractivity contribution in [3.8, 4) is 17.1 Å². The van der Waals surface area contributed by atoms with Crippen LogP contribution in [0.5, 0.6) is 5.75 Å². The maximum absolute atomic E-state index is 14.7. The second-order valence-corrected chi connectivity index (χ2v) is 8.11. The molecule has 0 spiro atoms. The van der Waals surface area contributed by atoms with E-state index < -0.39 is 34.7 Å². The lowest BCUT2D eigenvalue weighted by atomic mass is 10.1. The zero-order valence-corrected chi connectivity index (χ0v) is 20.0. The number of rotatable bonds is 12. The Hall–Kier alpha value is -3.26. The van der Waals surface area contributed by atoms with Crippen LogP contribution in [0.15, 0.2) is 42.7 Å². The van der Waals surface area contributed by atoms with E-state index in [9.17, 15) is 18.0 Å². The van der Waals surface area contributed by atoms with Crippen molar-refractivity contribution in [3.63, 3.8) is 0 Å². The molecule has 0 aliphatic rings. The van der Waals surface area contributed by atoms with Crippen molar-refractivity contribution in [2.75, 3.05) is 13.2 Å². The molecule has 5 nitrogen and oxygen atoms in total. The summed E-state index contributed by atoms with van der Waals surface area (Å²) in [6.07, 6.45) is 9.03. The first kappa shape index (κ1) is 26.3. The van der Waals surface area contributed by atoms with Gasteiger partial charge in [0, 0.05) is 24.6 Å². The molecule has 0 bridgehead atoms. The number of unbranched alkanes of at least 4 members (excludes halogenated alkanes) is 3. The molecule has 0 saturated carbocycles. The number of aryl methyl sites for hydroxylation is 1. The first-order valence-corrected chi connectivity index (χ1v) is 11.8. The Morgan fingerprint density at radius 1 is 0.914 bits per heavy atom. The first-order valence-electron chi connectivity index (χ1n) is 11.8. The fourth-order valence-corrected chi connectivity index (χ4v) is 3.53. The van der Waals surface area contributed by atoms with Gasteiger partial charge < -0.3 is 9.47 Å². The fourth-order valence-electron chi connectivity index (χ4n) is 3.53. The van der Waals surface area contributed by atoms with E-state index in [0.29, 0.717) is 18.0 Å². The van der Waals surface area contributed by atoms with Gasteiger partial charge in [0.15, 0.2) is 17.4 Å². The summed E-state index contributed by atoms with van der Waals surface area (Å²) >= 11 is 0. The quantitative estimate of drug-likeness (QED) is 0.167. The number of nitrogens with zero attached hydrogens (tertiary/aromatic N) is 2. The molecule has 3 aromatic rings. The Bertz CT molecular complexity index is 1140. The third-order valence-electron chi connectivity index (χ3n) is 5.52. The highest BCUT2D eigenvalue weighted by atomic mass is 19.2. The van der Waals surface area contributed by atoms with E-state index in [2.05, 4.69) is 16.9 Å². The molecular formula is C27H29F3N2O3. The van der Waals surface area contributed by atoms with Gasteiger partial charge >= 0.3 is 5.97 Å². The number of hydrogen-bond acceptors (Lipinski definition) is 5. The van der Waals surface area contributed by atoms with Crippen LogP contribution in [0.3, 0.4) is 0 Å². The van der Waals surface area contributed by atoms with Gasteiger partial charge in [-0.15, -0.1) is 0 Å². The number of ether oxygens (including phenoxy) is 2. The Morgan fingerprint density at radius 2 is 1.69 bits per heavy atom. The van der Waals surface area contributed by atoms with Gasteiger partial charge in [0.25, 0.3) is 0 Å². The third-order valence-corrected chi connectivity index (χ3v) is 5.52. The molecule has 0 saturated heterocycles. The third kappa shape index (κ3) is 7.11. The van der Waals surface area contributed by atoms with Gasteiger partial charge in [-0.2, -0.15) is 4.39 Å². The maximum atomic E-state index is 14.7. The van der Waals surface area contributed by atoms with Crippen molar-refractivity contribution in [2.24, 2.45) is 0 Å². The maximum Gasteiger partial charge on any atom is 0.346 e. The van der Waals surface area contributed by atoms with Crippen LogP contribution < -0.4 is 4.74 Å². The number of carbonyl (C=O) groups is 1. The van der Waals surface area contributed by atoms with Crippen LogP contribution in [0.1, 0.15) is 61.0 Å². The lowest BCUT2D eigenvalue weighted by molar-refractivity contribution is 0.0721. The predicted molar refractivity (Wildman–Crippen MR) is 127 cm³/mol. The van der Waals surface area contributed by atoms with Crippen LogP contribution >= 0.6 is 0 Å². The average Bonchev–Trinajstić information content (AvgIpc) is 2.86. The molecule has 0 atom stereocenters. The van der Waals surface area contributed by atoms with Gasteiger partial charge in [-0.3, -0.25) is 0 Å². The lowest BCUT2D eigenvalue weighted by Crippen LogP contribution is -2.13. The van der Waals surface area contributed by atoms with Crippen molar-refractivity contribution in [3.05, 3.63) is 76.9 Å². The Morgan fingerprint density at radius 3 is 2.37 bits per heavy atom. The van der Waals surface area contributed by atoms with E-state index in [0.717, 1.165) is 43.4 Å². The number of hydrogen-bond donors (Lipinski definition) is 0. The van der Waals surface area contributed by atoms with Crippen LogP contribution in [0.25, 0.3) is 11.4 Å². The topological polar surface area (TPSA) is 61.3 Å². The van der Waals surface area contributed by atoms with Crippen molar-refractivity contribution >= 4 is 5.97 Å². The van der Waals surface area contributed by atoms with Crippen LogP contribution in [0.4, 0.5) is 13.2 Å². The van der Waals surface area contributed by atoms with Crippen molar-refractivity contribution < 1.29 is 27.4 Å². The summed E-state index contributed by atoms with van der Waals surface area (Å²) in [5.41, 5.74) is 1.07. The molecule has 2 aromatic carbocycles. The average molecular weight is 487 g/mol. The van der Waals surface area contributed by atoms with E-state index in [1.54, 1.807) is 19.3 Å². The minimum atomic E-state index is -1.31. The minimum absolute atomic E-state index is 0.0956. The normalized spacial score (nSPS) is 11.0. The molecule has 0 fully saturated rings. The molecule has 35 heavy (non-hydrogen) atoms. The highest BCUT2D eigenvalue weighted by Crippen LogP contribution is 2.25. The molecule has 3 rings (SSSR count). The minimum Gasteiger partial charge on any atom is -0.420 e. The first-order chi connectivity index (χ1) is 16.9. The Balaban J connectivity index is 1.67. The molecule has 0 aliphatic heterocycles. The largest absolute Gasteiger partial charge is 0.420 e. The number of carbonyl (C=O) groups excluding carboxylic acids is 1. The van der Waals surface area contributed by atoms with E-state index in [4.69, 9.17) is 9.47 Å².